The summed E-state index contributed by atoms with van der Waals surface area (Å²) in [6.07, 6.45) is 0.295. The van der Waals surface area contributed by atoms with E-state index in [2.05, 4.69) is 5.32 Å². The van der Waals surface area contributed by atoms with E-state index >= 15 is 0 Å². The number of ether oxygens (including phenoxy) is 1. The molecule has 0 aliphatic carbocycles. The molecule has 1 N–H and O–H groups in total. The zero-order valence-electron chi connectivity index (χ0n) is 11.3. The van der Waals surface area contributed by atoms with Crippen molar-refractivity contribution >= 4 is 17.7 Å². The summed E-state index contributed by atoms with van der Waals surface area (Å²) in [5.74, 6) is 0. The van der Waals surface area contributed by atoms with Crippen LogP contribution in [0.1, 0.15) is 31.9 Å². The van der Waals surface area contributed by atoms with Gasteiger partial charge in [-0.1, -0.05) is 23.7 Å². The topological polar surface area (TPSA) is 38.3 Å². The third-order valence-corrected chi connectivity index (χ3v) is 2.62. The molecule has 1 aromatic carbocycles. The van der Waals surface area contributed by atoms with Crippen LogP contribution in [0.25, 0.3) is 0 Å². The van der Waals surface area contributed by atoms with E-state index in [1.807, 2.05) is 45.9 Å². The van der Waals surface area contributed by atoms with Crippen molar-refractivity contribution in [2.24, 2.45) is 0 Å². The van der Waals surface area contributed by atoms with Gasteiger partial charge in [-0.15, -0.1) is 0 Å². The van der Waals surface area contributed by atoms with Crippen molar-refractivity contribution in [2.45, 2.75) is 39.7 Å². The van der Waals surface area contributed by atoms with Crippen molar-refractivity contribution in [3.63, 3.8) is 0 Å². The van der Waals surface area contributed by atoms with Gasteiger partial charge < -0.3 is 10.1 Å². The van der Waals surface area contributed by atoms with Crippen LogP contribution >= 0.6 is 11.6 Å². The number of hydrogen-bond acceptors (Lipinski definition) is 2. The Morgan fingerprint density at radius 3 is 2.61 bits per heavy atom. The van der Waals surface area contributed by atoms with Crippen LogP contribution in [0.3, 0.4) is 0 Å². The molecular formula is C14H20ClNO2. The van der Waals surface area contributed by atoms with Crippen molar-refractivity contribution in [1.82, 2.24) is 5.32 Å². The third-order valence-electron chi connectivity index (χ3n) is 2.27. The highest BCUT2D eigenvalue weighted by atomic mass is 35.5. The molecule has 0 spiro atoms. The van der Waals surface area contributed by atoms with Crippen molar-refractivity contribution in [3.05, 3.63) is 34.3 Å². The minimum absolute atomic E-state index is 0.397. The van der Waals surface area contributed by atoms with E-state index in [9.17, 15) is 4.79 Å². The second-order valence-corrected chi connectivity index (χ2v) is 5.68. The van der Waals surface area contributed by atoms with Crippen molar-refractivity contribution in [1.29, 1.82) is 0 Å². The van der Waals surface area contributed by atoms with E-state index in [0.717, 1.165) is 16.1 Å². The fraction of sp³-hybridized carbons (Fsp3) is 0.500. The Bertz CT molecular complexity index is 424. The van der Waals surface area contributed by atoms with Crippen molar-refractivity contribution in [2.75, 3.05) is 6.54 Å². The van der Waals surface area contributed by atoms with E-state index in [-0.39, 0.29) is 0 Å². The van der Waals surface area contributed by atoms with Crippen LogP contribution < -0.4 is 5.32 Å². The lowest BCUT2D eigenvalue weighted by atomic mass is 10.1. The number of amides is 1. The molecule has 0 atom stereocenters. The van der Waals surface area contributed by atoms with Gasteiger partial charge in [0.2, 0.25) is 0 Å². The number of rotatable bonds is 3. The van der Waals surface area contributed by atoms with Gasteiger partial charge in [-0.25, -0.2) is 4.79 Å². The summed E-state index contributed by atoms with van der Waals surface area (Å²) in [6, 6.07) is 5.91. The van der Waals surface area contributed by atoms with E-state index in [1.54, 1.807) is 0 Å². The van der Waals surface area contributed by atoms with E-state index < -0.39 is 11.7 Å². The molecule has 1 aromatic rings. The summed E-state index contributed by atoms with van der Waals surface area (Å²) in [5.41, 5.74) is 1.69. The maximum absolute atomic E-state index is 11.4. The molecule has 0 bridgehead atoms. The third kappa shape index (κ3) is 5.41. The summed E-state index contributed by atoms with van der Waals surface area (Å²) in [5, 5.41) is 3.45. The Labute approximate surface area is 113 Å². The van der Waals surface area contributed by atoms with Gasteiger partial charge in [-0.3, -0.25) is 0 Å². The first-order valence-corrected chi connectivity index (χ1v) is 6.37. The molecule has 1 amide bonds. The van der Waals surface area contributed by atoms with Gasteiger partial charge in [0.05, 0.1) is 0 Å². The second kappa shape index (κ2) is 6.10. The lowest BCUT2D eigenvalue weighted by Gasteiger charge is -2.19. The van der Waals surface area contributed by atoms with Crippen molar-refractivity contribution in [3.8, 4) is 0 Å². The average Bonchev–Trinajstić information content (AvgIpc) is 2.18. The molecule has 0 saturated carbocycles. The molecule has 0 radical (unpaired) electrons. The standard InChI is InChI=1S/C14H20ClNO2/c1-10-5-6-11(12(15)9-10)7-8-16-13(17)18-14(2,3)4/h5-6,9H,7-8H2,1-4H3,(H,16,17). The first kappa shape index (κ1) is 14.8. The smallest absolute Gasteiger partial charge is 0.407 e. The molecule has 0 aliphatic rings. The zero-order valence-corrected chi connectivity index (χ0v) is 12.1. The van der Waals surface area contributed by atoms with E-state index in [0.29, 0.717) is 13.0 Å². The van der Waals surface area contributed by atoms with Gasteiger partial charge in [-0.05, 0) is 51.3 Å². The summed E-state index contributed by atoms with van der Waals surface area (Å²) >= 11 is 6.11. The molecular weight excluding hydrogens is 250 g/mol. The average molecular weight is 270 g/mol. The Balaban J connectivity index is 2.40. The molecule has 0 aromatic heterocycles. The van der Waals surface area contributed by atoms with Gasteiger partial charge in [-0.2, -0.15) is 0 Å². The fourth-order valence-corrected chi connectivity index (χ4v) is 1.80. The van der Waals surface area contributed by atoms with Gasteiger partial charge in [0.1, 0.15) is 5.60 Å². The number of hydrogen-bond donors (Lipinski definition) is 1. The molecule has 4 heteroatoms. The highest BCUT2D eigenvalue weighted by Gasteiger charge is 2.15. The molecule has 3 nitrogen and oxygen atoms in total. The number of halogens is 1. The van der Waals surface area contributed by atoms with E-state index in [1.165, 1.54) is 0 Å². The lowest BCUT2D eigenvalue weighted by Crippen LogP contribution is -2.33. The maximum Gasteiger partial charge on any atom is 0.407 e. The second-order valence-electron chi connectivity index (χ2n) is 5.27. The lowest BCUT2D eigenvalue weighted by molar-refractivity contribution is 0.0528. The number of benzene rings is 1. The number of carbonyl (C=O) groups excluding carboxylic acids is 1. The maximum atomic E-state index is 11.4. The van der Waals surface area contributed by atoms with Crippen LogP contribution in [0.2, 0.25) is 5.02 Å². The summed E-state index contributed by atoms with van der Waals surface area (Å²) in [6.45, 7) is 8.02. The quantitative estimate of drug-likeness (QED) is 0.908. The largest absolute Gasteiger partial charge is 0.444 e. The molecule has 0 saturated heterocycles. The molecule has 18 heavy (non-hydrogen) atoms. The van der Waals surface area contributed by atoms with Gasteiger partial charge in [0.25, 0.3) is 0 Å². The summed E-state index contributed by atoms with van der Waals surface area (Å²) in [4.78, 5) is 11.4. The highest BCUT2D eigenvalue weighted by Crippen LogP contribution is 2.17. The van der Waals surface area contributed by atoms with Gasteiger partial charge >= 0.3 is 6.09 Å². The Hall–Kier alpha value is -1.22. The first-order valence-electron chi connectivity index (χ1n) is 6.00. The predicted octanol–water partition coefficient (Wildman–Crippen LogP) is 3.72. The zero-order chi connectivity index (χ0) is 13.8. The van der Waals surface area contributed by atoms with Crippen LogP contribution in [0.15, 0.2) is 18.2 Å². The number of nitrogens with one attached hydrogen (secondary N) is 1. The van der Waals surface area contributed by atoms with Crippen LogP contribution in [0.5, 0.6) is 0 Å². The van der Waals surface area contributed by atoms with E-state index in [4.69, 9.17) is 16.3 Å². The molecule has 0 fully saturated rings. The fourth-order valence-electron chi connectivity index (χ4n) is 1.47. The minimum Gasteiger partial charge on any atom is -0.444 e. The minimum atomic E-state index is -0.467. The first-order chi connectivity index (χ1) is 8.28. The molecule has 0 unspecified atom stereocenters. The van der Waals surface area contributed by atoms with Crippen LogP contribution in [0.4, 0.5) is 4.79 Å². The normalized spacial score (nSPS) is 11.2. The van der Waals surface area contributed by atoms with Crippen molar-refractivity contribution < 1.29 is 9.53 Å². The number of alkyl carbamates (subject to hydrolysis) is 1. The highest BCUT2D eigenvalue weighted by molar-refractivity contribution is 6.31. The summed E-state index contributed by atoms with van der Waals surface area (Å²) in [7, 11) is 0. The van der Waals surface area contributed by atoms with Gasteiger partial charge in [0, 0.05) is 11.6 Å². The van der Waals surface area contributed by atoms with Crippen LogP contribution in [0, 0.1) is 6.92 Å². The Morgan fingerprint density at radius 2 is 2.06 bits per heavy atom. The van der Waals surface area contributed by atoms with Gasteiger partial charge in [0.15, 0.2) is 0 Å². The SMILES string of the molecule is Cc1ccc(CCNC(=O)OC(C)(C)C)c(Cl)c1. The predicted molar refractivity (Wildman–Crippen MR) is 74.1 cm³/mol. The van der Waals surface area contributed by atoms with Crippen LogP contribution in [-0.4, -0.2) is 18.2 Å². The molecule has 0 heterocycles. The summed E-state index contributed by atoms with van der Waals surface area (Å²) < 4.78 is 5.14. The number of carbonyl (C=O) groups is 1. The Kier molecular flexibility index (Phi) is 5.03. The monoisotopic (exact) mass is 269 g/mol. The molecule has 1 rings (SSSR count). The molecule has 0 aliphatic heterocycles. The Morgan fingerprint density at radius 1 is 1.39 bits per heavy atom. The van der Waals surface area contributed by atoms with Crippen LogP contribution in [-0.2, 0) is 11.2 Å². The molecule has 100 valence electrons. The number of aryl methyl sites for hydroxylation is 1.